The van der Waals surface area contributed by atoms with Crippen LogP contribution < -0.4 is 9.80 Å². The normalized spacial score (nSPS) is 13.6. The van der Waals surface area contributed by atoms with Gasteiger partial charge in [0.2, 0.25) is 0 Å². The first-order chi connectivity index (χ1) is 18.1. The fourth-order valence-corrected chi connectivity index (χ4v) is 4.97. The summed E-state index contributed by atoms with van der Waals surface area (Å²) in [6, 6.07) is 15.4. The van der Waals surface area contributed by atoms with E-state index in [4.69, 9.17) is 4.74 Å². The highest BCUT2D eigenvalue weighted by atomic mass is 16.5. The minimum absolute atomic E-state index is 0.150. The molecule has 204 valence electrons. The van der Waals surface area contributed by atoms with Crippen LogP contribution in [0, 0.1) is 0 Å². The maximum atomic E-state index is 14.1. The molecule has 4 rings (SSSR count). The van der Waals surface area contributed by atoms with Gasteiger partial charge in [0.15, 0.2) is 0 Å². The maximum absolute atomic E-state index is 14.1. The van der Waals surface area contributed by atoms with Crippen LogP contribution in [-0.4, -0.2) is 38.0 Å². The van der Waals surface area contributed by atoms with Crippen molar-refractivity contribution in [3.05, 3.63) is 82.9 Å². The van der Waals surface area contributed by atoms with Crippen LogP contribution in [0.2, 0.25) is 0 Å². The Balaban J connectivity index is 1.80. The third-order valence-electron chi connectivity index (χ3n) is 7.22. The van der Waals surface area contributed by atoms with Crippen LogP contribution in [0.25, 0.3) is 10.8 Å². The van der Waals surface area contributed by atoms with Crippen LogP contribution in [0.3, 0.4) is 0 Å². The number of imide groups is 1. The Hall–Kier alpha value is -3.93. The molecule has 1 aliphatic heterocycles. The zero-order valence-electron chi connectivity index (χ0n) is 24.3. The summed E-state index contributed by atoms with van der Waals surface area (Å²) in [4.78, 5) is 43.2. The first-order valence-corrected chi connectivity index (χ1v) is 13.3. The van der Waals surface area contributed by atoms with Gasteiger partial charge in [0.25, 0.3) is 11.8 Å². The Kier molecular flexibility index (Phi) is 7.20. The number of hydrogen-bond donors (Lipinski definition) is 0. The lowest BCUT2D eigenvalue weighted by molar-refractivity contribution is -0.138. The summed E-state index contributed by atoms with van der Waals surface area (Å²) in [5.41, 5.74) is 4.38. The molecule has 3 aromatic rings. The minimum Gasteiger partial charge on any atom is -0.460 e. The molecule has 0 radical (unpaired) electrons. The van der Waals surface area contributed by atoms with Gasteiger partial charge in [-0.3, -0.25) is 9.59 Å². The molecule has 0 N–H and O–H groups in total. The van der Waals surface area contributed by atoms with Gasteiger partial charge in [-0.15, -0.1) is 0 Å². The van der Waals surface area contributed by atoms with Crippen LogP contribution in [0.15, 0.2) is 60.7 Å². The van der Waals surface area contributed by atoms with Crippen molar-refractivity contribution >= 4 is 39.9 Å². The summed E-state index contributed by atoms with van der Waals surface area (Å²) < 4.78 is 5.26. The molecule has 1 aliphatic rings. The lowest BCUT2D eigenvalue weighted by Crippen LogP contribution is -2.42. The first kappa shape index (κ1) is 28.1. The Bertz CT molecular complexity index is 1480. The third kappa shape index (κ3) is 5.20. The maximum Gasteiger partial charge on any atom is 0.333 e. The first-order valence-electron chi connectivity index (χ1n) is 13.3. The Labute approximate surface area is 231 Å². The monoisotopic (exact) mass is 526 g/mol. The van der Waals surface area contributed by atoms with Crippen molar-refractivity contribution in [2.24, 2.45) is 0 Å². The van der Waals surface area contributed by atoms with E-state index in [1.54, 1.807) is 19.1 Å². The van der Waals surface area contributed by atoms with Gasteiger partial charge in [0.05, 0.1) is 12.2 Å². The molecule has 0 aromatic heterocycles. The number of benzene rings is 3. The Morgan fingerprint density at radius 3 is 2.15 bits per heavy atom. The fourth-order valence-electron chi connectivity index (χ4n) is 4.97. The summed E-state index contributed by atoms with van der Waals surface area (Å²) in [7, 11) is 1.89. The number of nitrogens with zero attached hydrogens (tertiary/aromatic N) is 2. The molecule has 0 unspecified atom stereocenters. The van der Waals surface area contributed by atoms with Crippen molar-refractivity contribution in [1.29, 1.82) is 0 Å². The molecule has 6 nitrogen and oxygen atoms in total. The van der Waals surface area contributed by atoms with Crippen LogP contribution in [0.5, 0.6) is 0 Å². The van der Waals surface area contributed by atoms with E-state index in [1.165, 1.54) is 4.90 Å². The van der Waals surface area contributed by atoms with Crippen molar-refractivity contribution < 1.29 is 19.1 Å². The van der Waals surface area contributed by atoms with Crippen molar-refractivity contribution in [2.75, 3.05) is 30.0 Å². The second kappa shape index (κ2) is 9.99. The SMILES string of the molecule is C=C(C)C(=O)OCCN(C)c1ccc2c3c(cccc13)C(=O)N(c1cc(C(C)(C)C)ccc1C(C)(C)C)C2=O. The van der Waals surface area contributed by atoms with Gasteiger partial charge in [-0.2, -0.15) is 0 Å². The van der Waals surface area contributed by atoms with E-state index in [2.05, 4.69) is 54.2 Å². The number of anilines is 2. The standard InChI is InChI=1S/C33H38N2O4/c1-20(2)31(38)39-18-17-34(9)26-16-14-24-28-22(26)11-10-12-23(28)29(36)35(30(24)37)27-19-21(32(3,4)5)13-15-25(27)33(6,7)8/h10-16,19H,1,17-18H2,2-9H3. The number of esters is 1. The molecule has 0 spiro atoms. The van der Waals surface area contributed by atoms with Crippen LogP contribution in [0.1, 0.15) is 80.3 Å². The molecule has 0 saturated carbocycles. The average Bonchev–Trinajstić information content (AvgIpc) is 2.85. The van der Waals surface area contributed by atoms with Gasteiger partial charge in [-0.1, -0.05) is 72.4 Å². The minimum atomic E-state index is -0.429. The van der Waals surface area contributed by atoms with E-state index in [1.807, 2.05) is 42.3 Å². The molecule has 0 bridgehead atoms. The number of ether oxygens (including phenoxy) is 1. The highest BCUT2D eigenvalue weighted by Crippen LogP contribution is 2.41. The van der Waals surface area contributed by atoms with E-state index in [9.17, 15) is 14.4 Å². The lowest BCUT2D eigenvalue weighted by atomic mass is 9.80. The second-order valence-electron chi connectivity index (χ2n) is 12.4. The molecule has 39 heavy (non-hydrogen) atoms. The summed E-state index contributed by atoms with van der Waals surface area (Å²) in [6.45, 7) is 18.5. The highest BCUT2D eigenvalue weighted by Gasteiger charge is 2.37. The topological polar surface area (TPSA) is 66.9 Å². The number of likely N-dealkylation sites (N-methyl/N-ethyl adjacent to an activating group) is 1. The molecule has 0 saturated heterocycles. The molecule has 2 amide bonds. The number of carbonyl (C=O) groups excluding carboxylic acids is 3. The number of amides is 2. The Morgan fingerprint density at radius 1 is 0.923 bits per heavy atom. The predicted molar refractivity (Wildman–Crippen MR) is 158 cm³/mol. The van der Waals surface area contributed by atoms with Gasteiger partial charge in [0, 0.05) is 40.2 Å². The van der Waals surface area contributed by atoms with Crippen LogP contribution in [0.4, 0.5) is 11.4 Å². The van der Waals surface area contributed by atoms with E-state index in [0.717, 1.165) is 22.2 Å². The summed E-state index contributed by atoms with van der Waals surface area (Å²) >= 11 is 0. The summed E-state index contributed by atoms with van der Waals surface area (Å²) in [5, 5.41) is 1.45. The largest absolute Gasteiger partial charge is 0.460 e. The summed E-state index contributed by atoms with van der Waals surface area (Å²) in [5.74, 6) is -1.09. The van der Waals surface area contributed by atoms with E-state index in [-0.39, 0.29) is 29.3 Å². The summed E-state index contributed by atoms with van der Waals surface area (Å²) in [6.07, 6.45) is 0. The smallest absolute Gasteiger partial charge is 0.333 e. The van der Waals surface area contributed by atoms with E-state index in [0.29, 0.717) is 34.3 Å². The molecule has 0 fully saturated rings. The van der Waals surface area contributed by atoms with Gasteiger partial charge < -0.3 is 9.64 Å². The van der Waals surface area contributed by atoms with Gasteiger partial charge in [-0.05, 0) is 53.1 Å². The molecule has 0 aliphatic carbocycles. The third-order valence-corrected chi connectivity index (χ3v) is 7.22. The highest BCUT2D eigenvalue weighted by molar-refractivity contribution is 6.36. The average molecular weight is 527 g/mol. The number of hydrogen-bond acceptors (Lipinski definition) is 5. The lowest BCUT2D eigenvalue weighted by Gasteiger charge is -2.34. The van der Waals surface area contributed by atoms with Crippen LogP contribution >= 0.6 is 0 Å². The zero-order valence-corrected chi connectivity index (χ0v) is 24.3. The quantitative estimate of drug-likeness (QED) is 0.201. The molecule has 1 heterocycles. The molecule has 0 atom stereocenters. The predicted octanol–water partition coefficient (Wildman–Crippen LogP) is 6.79. The Morgan fingerprint density at radius 2 is 1.56 bits per heavy atom. The molecule has 6 heteroatoms. The second-order valence-corrected chi connectivity index (χ2v) is 12.4. The van der Waals surface area contributed by atoms with Gasteiger partial charge in [0.1, 0.15) is 6.61 Å². The number of carbonyl (C=O) groups is 3. The number of rotatable bonds is 6. The van der Waals surface area contributed by atoms with Crippen molar-refractivity contribution in [1.82, 2.24) is 0 Å². The molecular weight excluding hydrogens is 488 g/mol. The van der Waals surface area contributed by atoms with Crippen LogP contribution in [-0.2, 0) is 20.4 Å². The van der Waals surface area contributed by atoms with E-state index >= 15 is 0 Å². The van der Waals surface area contributed by atoms with Crippen molar-refractivity contribution in [3.63, 3.8) is 0 Å². The van der Waals surface area contributed by atoms with Crippen molar-refractivity contribution in [2.45, 2.75) is 59.3 Å². The van der Waals surface area contributed by atoms with Crippen molar-refractivity contribution in [3.8, 4) is 0 Å². The van der Waals surface area contributed by atoms with Gasteiger partial charge in [-0.25, -0.2) is 9.69 Å². The zero-order chi connectivity index (χ0) is 28.9. The van der Waals surface area contributed by atoms with E-state index < -0.39 is 5.97 Å². The van der Waals surface area contributed by atoms with Gasteiger partial charge >= 0.3 is 5.97 Å². The fraction of sp³-hybridized carbons (Fsp3) is 0.364. The molecular formula is C33H38N2O4. The molecule has 3 aromatic carbocycles.